The van der Waals surface area contributed by atoms with Gasteiger partial charge in [0.25, 0.3) is 0 Å². The number of nitrogen functional groups attached to an aromatic ring is 1. The molecule has 1 aliphatic rings. The van der Waals surface area contributed by atoms with Gasteiger partial charge in [-0.15, -0.1) is 10.2 Å². The summed E-state index contributed by atoms with van der Waals surface area (Å²) in [6.07, 6.45) is 3.88. The highest BCUT2D eigenvalue weighted by atomic mass is 32.2. The molecule has 2 N–H and O–H groups in total. The maximum absolute atomic E-state index is 5.87. The van der Waals surface area contributed by atoms with Crippen molar-refractivity contribution in [2.45, 2.75) is 63.4 Å². The summed E-state index contributed by atoms with van der Waals surface area (Å²) < 4.78 is 2.04. The van der Waals surface area contributed by atoms with E-state index in [4.69, 9.17) is 5.73 Å². The van der Waals surface area contributed by atoms with Crippen LogP contribution in [0.15, 0.2) is 5.16 Å². The lowest BCUT2D eigenvalue weighted by atomic mass is 9.81. The fraction of sp³-hybridized carbons (Fsp3) is 0.846. The molecule has 1 aromatic rings. The molecule has 1 aliphatic carbocycles. The summed E-state index contributed by atoms with van der Waals surface area (Å²) in [6.45, 7) is 8.96. The predicted octanol–water partition coefficient (Wildman–Crippen LogP) is 3.36. The van der Waals surface area contributed by atoms with Crippen LogP contribution in [0.3, 0.4) is 0 Å². The lowest BCUT2D eigenvalue weighted by Crippen LogP contribution is -2.22. The van der Waals surface area contributed by atoms with Crippen LogP contribution < -0.4 is 5.73 Å². The zero-order chi connectivity index (χ0) is 13.3. The second kappa shape index (κ2) is 5.51. The van der Waals surface area contributed by atoms with Crippen molar-refractivity contribution < 1.29 is 0 Å². The zero-order valence-corrected chi connectivity index (χ0v) is 12.6. The van der Waals surface area contributed by atoms with Gasteiger partial charge in [0.15, 0.2) is 5.16 Å². The second-order valence-corrected chi connectivity index (χ2v) is 7.08. The SMILES string of the molecule is CC1CCC(Sc2nnc(N)n2C(C)C)CC1C. The van der Waals surface area contributed by atoms with Crippen LogP contribution >= 0.6 is 11.8 Å². The molecule has 3 atom stereocenters. The van der Waals surface area contributed by atoms with E-state index in [9.17, 15) is 0 Å². The average Bonchev–Trinajstić information content (AvgIpc) is 2.65. The van der Waals surface area contributed by atoms with E-state index >= 15 is 0 Å². The molecule has 0 spiro atoms. The Morgan fingerprint density at radius 3 is 2.56 bits per heavy atom. The third-order valence-electron chi connectivity index (χ3n) is 4.03. The molecule has 1 aromatic heterocycles. The van der Waals surface area contributed by atoms with E-state index in [0.29, 0.717) is 17.2 Å². The van der Waals surface area contributed by atoms with Crippen LogP contribution in [0.1, 0.15) is 53.0 Å². The van der Waals surface area contributed by atoms with Crippen LogP contribution in [0.4, 0.5) is 5.95 Å². The van der Waals surface area contributed by atoms with Crippen LogP contribution in [0.5, 0.6) is 0 Å². The molecule has 0 aliphatic heterocycles. The third-order valence-corrected chi connectivity index (χ3v) is 5.28. The van der Waals surface area contributed by atoms with Gasteiger partial charge in [0, 0.05) is 11.3 Å². The summed E-state index contributed by atoms with van der Waals surface area (Å²) in [5.41, 5.74) is 5.87. The fourth-order valence-electron chi connectivity index (χ4n) is 2.61. The van der Waals surface area contributed by atoms with E-state index in [2.05, 4.69) is 37.9 Å². The summed E-state index contributed by atoms with van der Waals surface area (Å²) in [7, 11) is 0. The van der Waals surface area contributed by atoms with Crippen LogP contribution in [-0.2, 0) is 0 Å². The first-order valence-electron chi connectivity index (χ1n) is 6.86. The van der Waals surface area contributed by atoms with Crippen LogP contribution in [-0.4, -0.2) is 20.0 Å². The number of anilines is 1. The lowest BCUT2D eigenvalue weighted by molar-refractivity contribution is 0.283. The smallest absolute Gasteiger partial charge is 0.222 e. The highest BCUT2D eigenvalue weighted by molar-refractivity contribution is 7.99. The Hall–Kier alpha value is -0.710. The molecular weight excluding hydrogens is 244 g/mol. The zero-order valence-electron chi connectivity index (χ0n) is 11.8. The molecule has 1 heterocycles. The maximum atomic E-state index is 5.87. The maximum Gasteiger partial charge on any atom is 0.222 e. The highest BCUT2D eigenvalue weighted by Gasteiger charge is 2.27. The first-order valence-corrected chi connectivity index (χ1v) is 7.74. The normalized spacial score (nSPS) is 28.8. The Kier molecular flexibility index (Phi) is 4.20. The van der Waals surface area contributed by atoms with Gasteiger partial charge in [-0.05, 0) is 44.9 Å². The Bertz CT molecular complexity index is 402. The Balaban J connectivity index is 2.06. The molecule has 1 saturated carbocycles. The van der Waals surface area contributed by atoms with Crippen molar-refractivity contribution in [3.8, 4) is 0 Å². The van der Waals surface area contributed by atoms with Crippen molar-refractivity contribution in [1.82, 2.24) is 14.8 Å². The summed E-state index contributed by atoms with van der Waals surface area (Å²) in [5.74, 6) is 2.20. The quantitative estimate of drug-likeness (QED) is 0.913. The lowest BCUT2D eigenvalue weighted by Gasteiger charge is -2.31. The number of rotatable bonds is 3. The molecule has 102 valence electrons. The number of aromatic nitrogens is 3. The number of hydrogen-bond donors (Lipinski definition) is 1. The molecule has 4 nitrogen and oxygen atoms in total. The van der Waals surface area contributed by atoms with Crippen molar-refractivity contribution in [3.63, 3.8) is 0 Å². The minimum Gasteiger partial charge on any atom is -0.368 e. The number of thioether (sulfide) groups is 1. The topological polar surface area (TPSA) is 56.7 Å². The first-order chi connectivity index (χ1) is 8.49. The van der Waals surface area contributed by atoms with Gasteiger partial charge in [0.1, 0.15) is 0 Å². The van der Waals surface area contributed by atoms with E-state index in [-0.39, 0.29) is 0 Å². The van der Waals surface area contributed by atoms with E-state index in [0.717, 1.165) is 17.0 Å². The molecule has 0 radical (unpaired) electrons. The van der Waals surface area contributed by atoms with Crippen molar-refractivity contribution >= 4 is 17.7 Å². The standard InChI is InChI=1S/C13H24N4S/c1-8(2)17-12(14)15-16-13(17)18-11-6-5-9(3)10(4)7-11/h8-11H,5-7H2,1-4H3,(H2,14,15). The van der Waals surface area contributed by atoms with Gasteiger partial charge >= 0.3 is 0 Å². The van der Waals surface area contributed by atoms with Crippen LogP contribution in [0, 0.1) is 11.8 Å². The Morgan fingerprint density at radius 1 is 1.22 bits per heavy atom. The van der Waals surface area contributed by atoms with Gasteiger partial charge in [-0.2, -0.15) is 0 Å². The number of hydrogen-bond acceptors (Lipinski definition) is 4. The Morgan fingerprint density at radius 2 is 1.94 bits per heavy atom. The second-order valence-electron chi connectivity index (χ2n) is 5.81. The van der Waals surface area contributed by atoms with Gasteiger partial charge in [-0.25, -0.2) is 0 Å². The van der Waals surface area contributed by atoms with Crippen molar-refractivity contribution in [3.05, 3.63) is 0 Å². The molecule has 1 fully saturated rings. The molecule has 2 rings (SSSR count). The highest BCUT2D eigenvalue weighted by Crippen LogP contribution is 2.39. The van der Waals surface area contributed by atoms with E-state index in [1.54, 1.807) is 0 Å². The minimum absolute atomic E-state index is 0.322. The average molecular weight is 268 g/mol. The van der Waals surface area contributed by atoms with Crippen molar-refractivity contribution in [2.24, 2.45) is 11.8 Å². The molecule has 0 saturated heterocycles. The van der Waals surface area contributed by atoms with Crippen molar-refractivity contribution in [2.75, 3.05) is 5.73 Å². The molecule has 0 bridgehead atoms. The van der Waals surface area contributed by atoms with Crippen molar-refractivity contribution in [1.29, 1.82) is 0 Å². The van der Waals surface area contributed by atoms with Gasteiger partial charge in [0.05, 0.1) is 0 Å². The summed E-state index contributed by atoms with van der Waals surface area (Å²) in [4.78, 5) is 0. The summed E-state index contributed by atoms with van der Waals surface area (Å²) >= 11 is 1.86. The largest absolute Gasteiger partial charge is 0.368 e. The molecule has 18 heavy (non-hydrogen) atoms. The summed E-state index contributed by atoms with van der Waals surface area (Å²) in [5, 5.41) is 9.88. The van der Waals surface area contributed by atoms with Gasteiger partial charge in [-0.3, -0.25) is 4.57 Å². The van der Waals surface area contributed by atoms with Gasteiger partial charge < -0.3 is 5.73 Å². The van der Waals surface area contributed by atoms with E-state index < -0.39 is 0 Å². The Labute approximate surface area is 114 Å². The predicted molar refractivity (Wildman–Crippen MR) is 76.6 cm³/mol. The van der Waals surface area contributed by atoms with Gasteiger partial charge in [0.2, 0.25) is 5.95 Å². The summed E-state index contributed by atoms with van der Waals surface area (Å²) in [6, 6.07) is 0.322. The fourth-order valence-corrected chi connectivity index (χ4v) is 4.07. The molecule has 0 amide bonds. The van der Waals surface area contributed by atoms with E-state index in [1.165, 1.54) is 19.3 Å². The third kappa shape index (κ3) is 2.82. The first kappa shape index (κ1) is 13.7. The van der Waals surface area contributed by atoms with Crippen LogP contribution in [0.2, 0.25) is 0 Å². The number of nitrogens with two attached hydrogens (primary N) is 1. The van der Waals surface area contributed by atoms with E-state index in [1.807, 2.05) is 16.3 Å². The minimum atomic E-state index is 0.322. The molecule has 0 aromatic carbocycles. The molecular formula is C13H24N4S. The van der Waals surface area contributed by atoms with Crippen LogP contribution in [0.25, 0.3) is 0 Å². The monoisotopic (exact) mass is 268 g/mol. The number of nitrogens with zero attached hydrogens (tertiary/aromatic N) is 3. The molecule has 5 heteroatoms. The van der Waals surface area contributed by atoms with Gasteiger partial charge in [-0.1, -0.05) is 25.6 Å². The molecule has 3 unspecified atom stereocenters.